The highest BCUT2D eigenvalue weighted by atomic mass is 32.2. The Bertz CT molecular complexity index is 1280. The standard InChI is InChI=1S/C19H12F2N4O2S/c20-13-10-14(21)12-16(11-13)28(26,27)25-18-5-3-9-23-19(18)17(24-25)7-6-15-4-1-2-8-22-15/h1-12H. The zero-order valence-corrected chi connectivity index (χ0v) is 15.0. The predicted molar refractivity (Wildman–Crippen MR) is 99.6 cm³/mol. The summed E-state index contributed by atoms with van der Waals surface area (Å²) in [6, 6.07) is 10.5. The van der Waals surface area contributed by atoms with Crippen LogP contribution in [0.3, 0.4) is 0 Å². The molecular formula is C19H12F2N4O2S. The molecule has 1 aromatic carbocycles. The van der Waals surface area contributed by atoms with Gasteiger partial charge in [0.25, 0.3) is 10.0 Å². The second kappa shape index (κ2) is 6.93. The Balaban J connectivity index is 1.87. The summed E-state index contributed by atoms with van der Waals surface area (Å²) in [5.41, 5.74) is 1.45. The van der Waals surface area contributed by atoms with Crippen molar-refractivity contribution >= 4 is 33.2 Å². The van der Waals surface area contributed by atoms with Crippen LogP contribution in [0.4, 0.5) is 8.78 Å². The Labute approximate surface area is 158 Å². The normalized spacial score (nSPS) is 12.1. The molecule has 0 atom stereocenters. The second-order valence-electron chi connectivity index (χ2n) is 5.80. The lowest BCUT2D eigenvalue weighted by atomic mass is 10.2. The first-order chi connectivity index (χ1) is 13.4. The second-order valence-corrected chi connectivity index (χ2v) is 7.56. The van der Waals surface area contributed by atoms with Crippen molar-refractivity contribution in [1.82, 2.24) is 19.2 Å². The van der Waals surface area contributed by atoms with Gasteiger partial charge in [-0.25, -0.2) is 8.78 Å². The molecule has 6 nitrogen and oxygen atoms in total. The molecule has 0 aliphatic carbocycles. The summed E-state index contributed by atoms with van der Waals surface area (Å²) >= 11 is 0. The maximum absolute atomic E-state index is 13.5. The van der Waals surface area contributed by atoms with Gasteiger partial charge in [-0.1, -0.05) is 6.07 Å². The van der Waals surface area contributed by atoms with Gasteiger partial charge in [0.1, 0.15) is 28.4 Å². The first kappa shape index (κ1) is 17.9. The Morgan fingerprint density at radius 1 is 0.893 bits per heavy atom. The van der Waals surface area contributed by atoms with Crippen LogP contribution in [0.5, 0.6) is 0 Å². The molecule has 0 bridgehead atoms. The van der Waals surface area contributed by atoms with Crippen molar-refractivity contribution in [1.29, 1.82) is 0 Å². The number of hydrogen-bond donors (Lipinski definition) is 0. The van der Waals surface area contributed by atoms with E-state index in [9.17, 15) is 17.2 Å². The molecule has 28 heavy (non-hydrogen) atoms. The molecule has 0 saturated carbocycles. The van der Waals surface area contributed by atoms with Gasteiger partial charge in [-0.3, -0.25) is 9.97 Å². The van der Waals surface area contributed by atoms with E-state index < -0.39 is 26.6 Å². The van der Waals surface area contributed by atoms with E-state index in [1.165, 1.54) is 12.3 Å². The first-order valence-corrected chi connectivity index (χ1v) is 9.54. The van der Waals surface area contributed by atoms with Crippen LogP contribution in [0.25, 0.3) is 23.2 Å². The maximum atomic E-state index is 13.5. The van der Waals surface area contributed by atoms with Crippen LogP contribution in [-0.2, 0) is 10.0 Å². The highest BCUT2D eigenvalue weighted by molar-refractivity contribution is 7.90. The van der Waals surface area contributed by atoms with E-state index in [2.05, 4.69) is 15.1 Å². The molecule has 0 radical (unpaired) electrons. The molecule has 0 aliphatic rings. The molecule has 0 saturated heterocycles. The number of nitrogens with zero attached hydrogens (tertiary/aromatic N) is 4. The van der Waals surface area contributed by atoms with Gasteiger partial charge in [-0.15, -0.1) is 0 Å². The minimum atomic E-state index is -4.34. The Kier molecular flexibility index (Phi) is 4.44. The Morgan fingerprint density at radius 2 is 1.64 bits per heavy atom. The summed E-state index contributed by atoms with van der Waals surface area (Å²) in [4.78, 5) is 7.80. The van der Waals surface area contributed by atoms with Crippen molar-refractivity contribution in [2.45, 2.75) is 4.90 Å². The Morgan fingerprint density at radius 3 is 2.36 bits per heavy atom. The fraction of sp³-hybridized carbons (Fsp3) is 0. The number of hydrogen-bond acceptors (Lipinski definition) is 5. The zero-order chi connectivity index (χ0) is 19.7. The number of fused-ring (bicyclic) bond motifs is 1. The van der Waals surface area contributed by atoms with Crippen LogP contribution in [0, 0.1) is 11.6 Å². The maximum Gasteiger partial charge on any atom is 0.283 e. The summed E-state index contributed by atoms with van der Waals surface area (Å²) < 4.78 is 53.7. The molecule has 3 heterocycles. The SMILES string of the molecule is O=S(=O)(c1cc(F)cc(F)c1)n1nc(C=Cc2ccccn2)c2ncccc21. The molecule has 9 heteroatoms. The van der Waals surface area contributed by atoms with E-state index in [0.717, 1.165) is 16.2 Å². The van der Waals surface area contributed by atoms with Gasteiger partial charge in [0.2, 0.25) is 0 Å². The summed E-state index contributed by atoms with van der Waals surface area (Å²) in [5, 5.41) is 4.12. The van der Waals surface area contributed by atoms with Gasteiger partial charge in [-0.05, 0) is 48.6 Å². The average molecular weight is 398 g/mol. The smallest absolute Gasteiger partial charge is 0.257 e. The van der Waals surface area contributed by atoms with Crippen molar-refractivity contribution in [3.63, 3.8) is 0 Å². The number of benzene rings is 1. The lowest BCUT2D eigenvalue weighted by Gasteiger charge is -2.06. The molecule has 0 spiro atoms. The van der Waals surface area contributed by atoms with Crippen molar-refractivity contribution in [2.24, 2.45) is 0 Å². The third-order valence-corrected chi connectivity index (χ3v) is 5.46. The van der Waals surface area contributed by atoms with E-state index in [1.54, 1.807) is 36.5 Å². The van der Waals surface area contributed by atoms with Crippen LogP contribution < -0.4 is 0 Å². The van der Waals surface area contributed by atoms with Crippen molar-refractivity contribution in [3.05, 3.63) is 83.9 Å². The van der Waals surface area contributed by atoms with Gasteiger partial charge in [0.05, 0.1) is 10.6 Å². The highest BCUT2D eigenvalue weighted by Gasteiger charge is 2.24. The van der Waals surface area contributed by atoms with Gasteiger partial charge in [0, 0.05) is 18.5 Å². The molecule has 140 valence electrons. The van der Waals surface area contributed by atoms with E-state index >= 15 is 0 Å². The fourth-order valence-electron chi connectivity index (χ4n) is 2.66. The summed E-state index contributed by atoms with van der Waals surface area (Å²) in [7, 11) is -4.34. The third-order valence-electron chi connectivity index (χ3n) is 3.90. The molecule has 4 aromatic rings. The predicted octanol–water partition coefficient (Wildman–Crippen LogP) is 3.51. The van der Waals surface area contributed by atoms with E-state index in [1.807, 2.05) is 6.07 Å². The quantitative estimate of drug-likeness (QED) is 0.526. The van der Waals surface area contributed by atoms with Gasteiger partial charge < -0.3 is 0 Å². The van der Waals surface area contributed by atoms with Crippen LogP contribution in [-0.4, -0.2) is 27.6 Å². The number of rotatable bonds is 4. The van der Waals surface area contributed by atoms with Crippen LogP contribution in [0.15, 0.2) is 65.8 Å². The van der Waals surface area contributed by atoms with Crippen LogP contribution in [0.2, 0.25) is 0 Å². The number of aromatic nitrogens is 4. The molecule has 4 rings (SSSR count). The largest absolute Gasteiger partial charge is 0.283 e. The third kappa shape index (κ3) is 3.27. The minimum Gasteiger partial charge on any atom is -0.257 e. The van der Waals surface area contributed by atoms with Crippen molar-refractivity contribution in [2.75, 3.05) is 0 Å². The van der Waals surface area contributed by atoms with Crippen LogP contribution in [0.1, 0.15) is 11.4 Å². The molecule has 3 aromatic heterocycles. The Hall–Kier alpha value is -3.46. The molecule has 0 N–H and O–H groups in total. The van der Waals surface area contributed by atoms with E-state index in [4.69, 9.17) is 0 Å². The van der Waals surface area contributed by atoms with Crippen molar-refractivity contribution < 1.29 is 17.2 Å². The van der Waals surface area contributed by atoms with E-state index in [0.29, 0.717) is 17.3 Å². The molecule has 0 unspecified atom stereocenters. The summed E-state index contributed by atoms with van der Waals surface area (Å²) in [6.07, 6.45) is 6.36. The molecule has 0 fully saturated rings. The lowest BCUT2D eigenvalue weighted by molar-refractivity contribution is 0.561. The number of pyridine rings is 2. The molecular weight excluding hydrogens is 386 g/mol. The van der Waals surface area contributed by atoms with Gasteiger partial charge >= 0.3 is 0 Å². The number of halogens is 2. The molecule has 0 aliphatic heterocycles. The highest BCUT2D eigenvalue weighted by Crippen LogP contribution is 2.24. The molecule has 0 amide bonds. The van der Waals surface area contributed by atoms with Gasteiger partial charge in [0.15, 0.2) is 0 Å². The minimum absolute atomic E-state index is 0.188. The average Bonchev–Trinajstić information content (AvgIpc) is 3.06. The summed E-state index contributed by atoms with van der Waals surface area (Å²) in [6.45, 7) is 0. The van der Waals surface area contributed by atoms with Gasteiger partial charge in [-0.2, -0.15) is 17.6 Å². The lowest BCUT2D eigenvalue weighted by Crippen LogP contribution is -2.15. The first-order valence-electron chi connectivity index (χ1n) is 8.10. The van der Waals surface area contributed by atoms with Crippen LogP contribution >= 0.6 is 0 Å². The van der Waals surface area contributed by atoms with Crippen molar-refractivity contribution in [3.8, 4) is 0 Å². The topological polar surface area (TPSA) is 77.7 Å². The zero-order valence-electron chi connectivity index (χ0n) is 14.2. The van der Waals surface area contributed by atoms with E-state index in [-0.39, 0.29) is 11.2 Å². The monoisotopic (exact) mass is 398 g/mol. The fourth-order valence-corrected chi connectivity index (χ4v) is 3.98. The summed E-state index contributed by atoms with van der Waals surface area (Å²) in [5.74, 6) is -1.99.